The predicted octanol–water partition coefficient (Wildman–Crippen LogP) is 0.782. The number of nitrogens with one attached hydrogen (secondary N) is 1. The van der Waals surface area contributed by atoms with Gasteiger partial charge >= 0.3 is 5.97 Å². The Bertz CT molecular complexity index is 430. The fourth-order valence-electron chi connectivity index (χ4n) is 1.58. The average molecular weight is 268 g/mol. The monoisotopic (exact) mass is 268 g/mol. The van der Waals surface area contributed by atoms with Crippen LogP contribution >= 0.6 is 0 Å². The molecule has 19 heavy (non-hydrogen) atoms. The van der Waals surface area contributed by atoms with Crippen molar-refractivity contribution in [3.05, 3.63) is 11.6 Å². The van der Waals surface area contributed by atoms with E-state index < -0.39 is 5.97 Å². The summed E-state index contributed by atoms with van der Waals surface area (Å²) in [7, 11) is 0. The molecular weight excluding hydrogens is 248 g/mol. The van der Waals surface area contributed by atoms with E-state index in [1.54, 1.807) is 6.92 Å². The highest BCUT2D eigenvalue weighted by molar-refractivity contribution is 5.92. The fourth-order valence-corrected chi connectivity index (χ4v) is 1.58. The number of aromatic amines is 1. The summed E-state index contributed by atoms with van der Waals surface area (Å²) in [6.07, 6.45) is 1.42. The molecule has 1 amide bonds. The van der Waals surface area contributed by atoms with Crippen LogP contribution in [0.5, 0.6) is 0 Å². The number of hydrogen-bond acceptors (Lipinski definition) is 5. The Kier molecular flexibility index (Phi) is 5.98. The number of hydrogen-bond donors (Lipinski definition) is 1. The SMILES string of the molecule is CCCN(CC(=O)OCC)C(=O)c1n[nH]c(CC)n1. The third-order valence-corrected chi connectivity index (χ3v) is 2.46. The third-order valence-electron chi connectivity index (χ3n) is 2.46. The summed E-state index contributed by atoms with van der Waals surface area (Å²) in [6.45, 7) is 6.27. The van der Waals surface area contributed by atoms with Crippen LogP contribution in [0, 0.1) is 0 Å². The van der Waals surface area contributed by atoms with Gasteiger partial charge in [0.05, 0.1) is 6.61 Å². The Labute approximate surface area is 112 Å². The largest absolute Gasteiger partial charge is 0.465 e. The number of aromatic nitrogens is 3. The van der Waals surface area contributed by atoms with Crippen molar-refractivity contribution >= 4 is 11.9 Å². The molecule has 1 heterocycles. The standard InChI is InChI=1S/C12H20N4O3/c1-4-7-16(8-10(17)19-6-3)12(18)11-13-9(5-2)14-15-11/h4-8H2,1-3H3,(H,13,14,15). The maximum atomic E-state index is 12.2. The van der Waals surface area contributed by atoms with Gasteiger partial charge in [-0.3, -0.25) is 14.7 Å². The first-order valence-electron chi connectivity index (χ1n) is 6.48. The number of H-pyrrole nitrogens is 1. The molecular formula is C12H20N4O3. The highest BCUT2D eigenvalue weighted by atomic mass is 16.5. The van der Waals surface area contributed by atoms with Gasteiger partial charge < -0.3 is 9.64 Å². The molecule has 0 bridgehead atoms. The summed E-state index contributed by atoms with van der Waals surface area (Å²) in [6, 6.07) is 0. The van der Waals surface area contributed by atoms with E-state index in [-0.39, 0.29) is 18.3 Å². The molecule has 0 unspecified atom stereocenters. The summed E-state index contributed by atoms with van der Waals surface area (Å²) in [5.41, 5.74) is 0. The number of rotatable bonds is 7. The van der Waals surface area contributed by atoms with Crippen LogP contribution in [0.15, 0.2) is 0 Å². The molecule has 0 radical (unpaired) electrons. The lowest BCUT2D eigenvalue weighted by atomic mass is 10.3. The lowest BCUT2D eigenvalue weighted by Crippen LogP contribution is -2.37. The Balaban J connectivity index is 2.74. The van der Waals surface area contributed by atoms with Gasteiger partial charge in [0.25, 0.3) is 5.91 Å². The number of esters is 1. The van der Waals surface area contributed by atoms with Gasteiger partial charge in [-0.15, -0.1) is 5.10 Å². The molecule has 0 aliphatic carbocycles. The first-order valence-corrected chi connectivity index (χ1v) is 6.48. The zero-order valence-corrected chi connectivity index (χ0v) is 11.6. The molecule has 0 aliphatic rings. The van der Waals surface area contributed by atoms with Crippen LogP contribution in [0.3, 0.4) is 0 Å². The van der Waals surface area contributed by atoms with Gasteiger partial charge in [0, 0.05) is 13.0 Å². The van der Waals surface area contributed by atoms with Crippen molar-refractivity contribution in [3.63, 3.8) is 0 Å². The van der Waals surface area contributed by atoms with Crippen LogP contribution in [0.25, 0.3) is 0 Å². The van der Waals surface area contributed by atoms with Crippen LogP contribution in [0.2, 0.25) is 0 Å². The number of nitrogens with zero attached hydrogens (tertiary/aromatic N) is 3. The van der Waals surface area contributed by atoms with Crippen molar-refractivity contribution in [2.45, 2.75) is 33.6 Å². The van der Waals surface area contributed by atoms with E-state index in [4.69, 9.17) is 4.74 Å². The molecule has 0 aromatic carbocycles. The number of aryl methyl sites for hydroxylation is 1. The van der Waals surface area contributed by atoms with E-state index in [1.165, 1.54) is 4.90 Å². The van der Waals surface area contributed by atoms with Crippen LogP contribution in [-0.2, 0) is 16.0 Å². The van der Waals surface area contributed by atoms with Crippen LogP contribution in [0.4, 0.5) is 0 Å². The van der Waals surface area contributed by atoms with Crippen molar-refractivity contribution in [2.75, 3.05) is 19.7 Å². The molecule has 0 fully saturated rings. The highest BCUT2D eigenvalue weighted by Crippen LogP contribution is 2.02. The second-order valence-corrected chi connectivity index (χ2v) is 3.99. The van der Waals surface area contributed by atoms with E-state index in [0.717, 1.165) is 6.42 Å². The van der Waals surface area contributed by atoms with Crippen molar-refractivity contribution in [1.82, 2.24) is 20.1 Å². The number of amides is 1. The van der Waals surface area contributed by atoms with Crippen molar-refractivity contribution in [2.24, 2.45) is 0 Å². The van der Waals surface area contributed by atoms with Crippen molar-refractivity contribution < 1.29 is 14.3 Å². The summed E-state index contributed by atoms with van der Waals surface area (Å²) in [4.78, 5) is 29.1. The molecule has 1 aromatic heterocycles. The summed E-state index contributed by atoms with van der Waals surface area (Å²) in [5, 5.41) is 6.55. The van der Waals surface area contributed by atoms with Gasteiger partial charge in [0.2, 0.25) is 5.82 Å². The first kappa shape index (κ1) is 15.1. The van der Waals surface area contributed by atoms with Crippen molar-refractivity contribution in [3.8, 4) is 0 Å². The molecule has 0 atom stereocenters. The summed E-state index contributed by atoms with van der Waals surface area (Å²) in [5.74, 6) is -0.0352. The minimum atomic E-state index is -0.421. The molecule has 1 N–H and O–H groups in total. The maximum absolute atomic E-state index is 12.2. The van der Waals surface area contributed by atoms with Gasteiger partial charge in [-0.25, -0.2) is 4.98 Å². The average Bonchev–Trinajstić information content (AvgIpc) is 2.86. The molecule has 0 saturated heterocycles. The fraction of sp³-hybridized carbons (Fsp3) is 0.667. The molecule has 106 valence electrons. The second kappa shape index (κ2) is 7.50. The molecule has 0 saturated carbocycles. The van der Waals surface area contributed by atoms with E-state index in [2.05, 4.69) is 15.2 Å². The predicted molar refractivity (Wildman–Crippen MR) is 68.6 cm³/mol. The molecule has 7 nitrogen and oxygen atoms in total. The minimum Gasteiger partial charge on any atom is -0.465 e. The zero-order chi connectivity index (χ0) is 14.3. The van der Waals surface area contributed by atoms with Crippen LogP contribution < -0.4 is 0 Å². The molecule has 1 rings (SSSR count). The van der Waals surface area contributed by atoms with E-state index in [1.807, 2.05) is 13.8 Å². The third kappa shape index (κ3) is 4.35. The van der Waals surface area contributed by atoms with Gasteiger partial charge in [-0.2, -0.15) is 0 Å². The van der Waals surface area contributed by atoms with Crippen LogP contribution in [0.1, 0.15) is 43.6 Å². The quantitative estimate of drug-likeness (QED) is 0.738. The number of carbonyl (C=O) groups is 2. The molecule has 1 aromatic rings. The Hall–Kier alpha value is -1.92. The van der Waals surface area contributed by atoms with Crippen molar-refractivity contribution in [1.29, 1.82) is 0 Å². The van der Waals surface area contributed by atoms with E-state index in [9.17, 15) is 9.59 Å². The Morgan fingerprint density at radius 2 is 2.05 bits per heavy atom. The Morgan fingerprint density at radius 1 is 1.32 bits per heavy atom. The van der Waals surface area contributed by atoms with Gasteiger partial charge in [0.1, 0.15) is 12.4 Å². The Morgan fingerprint density at radius 3 is 2.58 bits per heavy atom. The normalized spacial score (nSPS) is 10.3. The molecule has 0 spiro atoms. The van der Waals surface area contributed by atoms with Gasteiger partial charge in [0.15, 0.2) is 0 Å². The van der Waals surface area contributed by atoms with E-state index >= 15 is 0 Å². The van der Waals surface area contributed by atoms with Gasteiger partial charge in [-0.1, -0.05) is 13.8 Å². The highest BCUT2D eigenvalue weighted by Gasteiger charge is 2.22. The lowest BCUT2D eigenvalue weighted by molar-refractivity contribution is -0.143. The maximum Gasteiger partial charge on any atom is 0.325 e. The molecule has 0 aliphatic heterocycles. The smallest absolute Gasteiger partial charge is 0.325 e. The molecule has 7 heteroatoms. The topological polar surface area (TPSA) is 88.2 Å². The first-order chi connectivity index (χ1) is 9.12. The lowest BCUT2D eigenvalue weighted by Gasteiger charge is -2.19. The minimum absolute atomic E-state index is 0.0729. The number of carbonyl (C=O) groups excluding carboxylic acids is 2. The number of ether oxygens (including phenoxy) is 1. The second-order valence-electron chi connectivity index (χ2n) is 3.99. The van der Waals surface area contributed by atoms with Crippen LogP contribution in [-0.4, -0.2) is 51.7 Å². The summed E-state index contributed by atoms with van der Waals surface area (Å²) < 4.78 is 4.85. The van der Waals surface area contributed by atoms with E-state index in [0.29, 0.717) is 25.4 Å². The van der Waals surface area contributed by atoms with Gasteiger partial charge in [-0.05, 0) is 13.3 Å². The zero-order valence-electron chi connectivity index (χ0n) is 11.6. The summed E-state index contributed by atoms with van der Waals surface area (Å²) >= 11 is 0.